The molecule has 7 heteroatoms. The number of rotatable bonds is 6. The molecule has 5 nitrogen and oxygen atoms in total. The van der Waals surface area contributed by atoms with E-state index in [4.69, 9.17) is 0 Å². The molecule has 0 aliphatic carbocycles. The summed E-state index contributed by atoms with van der Waals surface area (Å²) in [4.78, 5) is 27.9. The van der Waals surface area contributed by atoms with Crippen molar-refractivity contribution in [1.82, 2.24) is 4.90 Å². The summed E-state index contributed by atoms with van der Waals surface area (Å²) in [5.41, 5.74) is 1.84. The van der Waals surface area contributed by atoms with Crippen LogP contribution in [-0.4, -0.2) is 36.9 Å². The normalized spacial score (nSPS) is 14.1. The van der Waals surface area contributed by atoms with Crippen LogP contribution in [0.1, 0.15) is 18.4 Å². The maximum Gasteiger partial charge on any atom is 0.238 e. The second-order valence-corrected chi connectivity index (χ2v) is 7.54. The van der Waals surface area contributed by atoms with Crippen LogP contribution in [0.4, 0.5) is 15.8 Å². The molecule has 27 heavy (non-hydrogen) atoms. The fraction of sp³-hybridized carbons (Fsp3) is 0.300. The van der Waals surface area contributed by atoms with Crippen molar-refractivity contribution in [3.63, 3.8) is 0 Å². The topological polar surface area (TPSA) is 52.7 Å². The van der Waals surface area contributed by atoms with Crippen LogP contribution < -0.4 is 10.2 Å². The zero-order chi connectivity index (χ0) is 19.4. The van der Waals surface area contributed by atoms with E-state index in [1.807, 2.05) is 18.2 Å². The van der Waals surface area contributed by atoms with Crippen LogP contribution in [0.2, 0.25) is 0 Å². The van der Waals surface area contributed by atoms with E-state index in [0.717, 1.165) is 10.9 Å². The lowest BCUT2D eigenvalue weighted by Gasteiger charge is -2.21. The number of carbonyl (C=O) groups is 2. The molecule has 1 aliphatic heterocycles. The molecule has 0 radical (unpaired) electrons. The maximum atomic E-state index is 13.9. The summed E-state index contributed by atoms with van der Waals surface area (Å²) in [5.74, 6) is -0.450. The SMILES string of the molecule is CN(CC(=O)Nc1ccccc1N1CCCC1=O)Cc1cc(Br)ccc1F. The van der Waals surface area contributed by atoms with Gasteiger partial charge in [-0.15, -0.1) is 0 Å². The number of para-hydroxylation sites is 2. The van der Waals surface area contributed by atoms with E-state index in [9.17, 15) is 14.0 Å². The van der Waals surface area contributed by atoms with E-state index in [1.165, 1.54) is 6.07 Å². The lowest BCUT2D eigenvalue weighted by molar-refractivity contribution is -0.118. The summed E-state index contributed by atoms with van der Waals surface area (Å²) in [6.45, 7) is 1.08. The van der Waals surface area contributed by atoms with E-state index in [1.54, 1.807) is 35.0 Å². The molecular weight excluding hydrogens is 413 g/mol. The van der Waals surface area contributed by atoms with Gasteiger partial charge in [0.05, 0.1) is 17.9 Å². The summed E-state index contributed by atoms with van der Waals surface area (Å²) in [5, 5.41) is 2.87. The van der Waals surface area contributed by atoms with E-state index >= 15 is 0 Å². The summed E-state index contributed by atoms with van der Waals surface area (Å²) in [7, 11) is 1.76. The standard InChI is InChI=1S/C20H21BrFN3O2/c1-24(12-14-11-15(21)8-9-16(14)22)13-19(26)23-17-5-2-3-6-18(17)25-10-4-7-20(25)27/h2-3,5-6,8-9,11H,4,7,10,12-13H2,1H3,(H,23,26). The smallest absolute Gasteiger partial charge is 0.238 e. The van der Waals surface area contributed by atoms with Crippen LogP contribution in [0.25, 0.3) is 0 Å². The molecule has 2 amide bonds. The highest BCUT2D eigenvalue weighted by Gasteiger charge is 2.24. The van der Waals surface area contributed by atoms with Crippen LogP contribution in [0.3, 0.4) is 0 Å². The zero-order valence-corrected chi connectivity index (χ0v) is 16.6. The molecule has 2 aromatic rings. The second-order valence-electron chi connectivity index (χ2n) is 6.62. The van der Waals surface area contributed by atoms with Gasteiger partial charge in [-0.3, -0.25) is 14.5 Å². The molecule has 1 N–H and O–H groups in total. The van der Waals surface area contributed by atoms with Gasteiger partial charge < -0.3 is 10.2 Å². The van der Waals surface area contributed by atoms with Crippen molar-refractivity contribution >= 4 is 39.1 Å². The molecular formula is C20H21BrFN3O2. The quantitative estimate of drug-likeness (QED) is 0.753. The highest BCUT2D eigenvalue weighted by atomic mass is 79.9. The Morgan fingerprint density at radius 3 is 2.81 bits per heavy atom. The fourth-order valence-corrected chi connectivity index (χ4v) is 3.57. The molecule has 1 fully saturated rings. The van der Waals surface area contributed by atoms with Crippen molar-refractivity contribution in [2.24, 2.45) is 0 Å². The molecule has 1 aliphatic rings. The number of halogens is 2. The molecule has 0 unspecified atom stereocenters. The third kappa shape index (κ3) is 4.93. The number of nitrogens with one attached hydrogen (secondary N) is 1. The van der Waals surface area contributed by atoms with Gasteiger partial charge in [-0.05, 0) is 43.8 Å². The maximum absolute atomic E-state index is 13.9. The number of nitrogens with zero attached hydrogens (tertiary/aromatic N) is 2. The number of likely N-dealkylation sites (N-methyl/N-ethyl adjacent to an activating group) is 1. The first-order valence-corrected chi connectivity index (χ1v) is 9.55. The first-order chi connectivity index (χ1) is 12.9. The van der Waals surface area contributed by atoms with Gasteiger partial charge in [-0.1, -0.05) is 28.1 Å². The molecule has 0 saturated carbocycles. The monoisotopic (exact) mass is 433 g/mol. The number of hydrogen-bond donors (Lipinski definition) is 1. The van der Waals surface area contributed by atoms with Gasteiger partial charge in [0.15, 0.2) is 0 Å². The number of benzene rings is 2. The first kappa shape index (κ1) is 19.5. The molecule has 1 saturated heterocycles. The van der Waals surface area contributed by atoms with Crippen molar-refractivity contribution in [3.8, 4) is 0 Å². The van der Waals surface area contributed by atoms with Gasteiger partial charge in [-0.2, -0.15) is 0 Å². The minimum absolute atomic E-state index is 0.0685. The summed E-state index contributed by atoms with van der Waals surface area (Å²) in [6, 6.07) is 12.0. The Morgan fingerprint density at radius 2 is 2.07 bits per heavy atom. The van der Waals surface area contributed by atoms with Gasteiger partial charge in [0, 0.05) is 29.5 Å². The van der Waals surface area contributed by atoms with Crippen LogP contribution >= 0.6 is 15.9 Å². The fourth-order valence-electron chi connectivity index (χ4n) is 3.16. The van der Waals surface area contributed by atoms with Gasteiger partial charge in [-0.25, -0.2) is 4.39 Å². The van der Waals surface area contributed by atoms with Crippen LogP contribution in [0.5, 0.6) is 0 Å². The molecule has 0 spiro atoms. The van der Waals surface area contributed by atoms with Crippen molar-refractivity contribution in [3.05, 3.63) is 58.3 Å². The summed E-state index contributed by atoms with van der Waals surface area (Å²) >= 11 is 3.33. The highest BCUT2D eigenvalue weighted by Crippen LogP contribution is 2.29. The summed E-state index contributed by atoms with van der Waals surface area (Å²) in [6.07, 6.45) is 1.35. The van der Waals surface area contributed by atoms with E-state index in [-0.39, 0.29) is 24.2 Å². The third-order valence-electron chi connectivity index (χ3n) is 4.40. The van der Waals surface area contributed by atoms with Gasteiger partial charge in [0.25, 0.3) is 0 Å². The molecule has 0 bridgehead atoms. The molecule has 0 aromatic heterocycles. The van der Waals surface area contributed by atoms with Crippen LogP contribution in [-0.2, 0) is 16.1 Å². The Labute approximate surface area is 166 Å². The van der Waals surface area contributed by atoms with Gasteiger partial charge in [0.2, 0.25) is 11.8 Å². The molecule has 1 heterocycles. The van der Waals surface area contributed by atoms with Crippen molar-refractivity contribution in [2.45, 2.75) is 19.4 Å². The average molecular weight is 434 g/mol. The van der Waals surface area contributed by atoms with Gasteiger partial charge >= 0.3 is 0 Å². The Morgan fingerprint density at radius 1 is 1.30 bits per heavy atom. The Kier molecular flexibility index (Phi) is 6.23. The number of carbonyl (C=O) groups excluding carboxylic acids is 2. The predicted octanol–water partition coefficient (Wildman–Crippen LogP) is 3.79. The molecule has 2 aromatic carbocycles. The molecule has 0 atom stereocenters. The van der Waals surface area contributed by atoms with Crippen molar-refractivity contribution in [2.75, 3.05) is 30.4 Å². The van der Waals surface area contributed by atoms with Crippen LogP contribution in [0.15, 0.2) is 46.9 Å². The Balaban J connectivity index is 1.64. The second kappa shape index (κ2) is 8.63. The zero-order valence-electron chi connectivity index (χ0n) is 15.0. The minimum Gasteiger partial charge on any atom is -0.323 e. The van der Waals surface area contributed by atoms with Crippen molar-refractivity contribution < 1.29 is 14.0 Å². The average Bonchev–Trinajstić information content (AvgIpc) is 3.04. The first-order valence-electron chi connectivity index (χ1n) is 8.76. The largest absolute Gasteiger partial charge is 0.323 e. The van der Waals surface area contributed by atoms with Crippen molar-refractivity contribution in [1.29, 1.82) is 0 Å². The van der Waals surface area contributed by atoms with Gasteiger partial charge in [0.1, 0.15) is 5.82 Å². The molecule has 3 rings (SSSR count). The van der Waals surface area contributed by atoms with E-state index in [0.29, 0.717) is 36.4 Å². The minimum atomic E-state index is -0.302. The highest BCUT2D eigenvalue weighted by molar-refractivity contribution is 9.10. The van der Waals surface area contributed by atoms with Crippen LogP contribution in [0, 0.1) is 5.82 Å². The number of anilines is 2. The predicted molar refractivity (Wildman–Crippen MR) is 107 cm³/mol. The molecule has 142 valence electrons. The number of amides is 2. The lowest BCUT2D eigenvalue weighted by atomic mass is 10.2. The third-order valence-corrected chi connectivity index (χ3v) is 4.90. The Bertz CT molecular complexity index is 859. The summed E-state index contributed by atoms with van der Waals surface area (Å²) < 4.78 is 14.7. The van der Waals surface area contributed by atoms with E-state index in [2.05, 4.69) is 21.2 Å². The van der Waals surface area contributed by atoms with E-state index < -0.39 is 0 Å². The number of hydrogen-bond acceptors (Lipinski definition) is 3. The Hall–Kier alpha value is -2.25. The lowest BCUT2D eigenvalue weighted by Crippen LogP contribution is -2.31.